The lowest BCUT2D eigenvalue weighted by Crippen LogP contribution is -2.22. The maximum absolute atomic E-state index is 13.0. The van der Waals surface area contributed by atoms with E-state index in [1.54, 1.807) is 12.1 Å². The Labute approximate surface area is 105 Å². The Morgan fingerprint density at radius 3 is 2.47 bits per heavy atom. The molecule has 0 unspecified atom stereocenters. The molecule has 0 bridgehead atoms. The van der Waals surface area contributed by atoms with Gasteiger partial charge >= 0.3 is 9.28 Å². The van der Waals surface area contributed by atoms with Crippen molar-refractivity contribution < 1.29 is 13.2 Å². The van der Waals surface area contributed by atoms with Crippen LogP contribution in [0.3, 0.4) is 0 Å². The van der Waals surface area contributed by atoms with Crippen molar-refractivity contribution in [3.8, 4) is 0 Å². The summed E-state index contributed by atoms with van der Waals surface area (Å²) >= 11 is 0. The Bertz CT molecular complexity index is 314. The largest absolute Gasteiger partial charge is 0.394 e. The molecule has 0 aliphatic rings. The predicted molar refractivity (Wildman–Crippen MR) is 68.5 cm³/mol. The third kappa shape index (κ3) is 5.96. The van der Waals surface area contributed by atoms with Gasteiger partial charge in [-0.15, -0.1) is 0 Å². The van der Waals surface area contributed by atoms with Gasteiger partial charge in [0.05, 0.1) is 0 Å². The molecule has 1 rings (SSSR count). The molecule has 17 heavy (non-hydrogen) atoms. The summed E-state index contributed by atoms with van der Waals surface area (Å²) in [6.45, 7) is 5.37. The molecule has 1 aromatic rings. The van der Waals surface area contributed by atoms with Crippen molar-refractivity contribution in [1.29, 1.82) is 0 Å². The standard InChI is InChI=1S/C13H20FO2Si/c1-3-15-17(16-4-2)10-6-8-12-7-5-9-13(14)11-12/h5,7,9,11H,3-4,6,8,10H2,1-2H3. The van der Waals surface area contributed by atoms with E-state index in [-0.39, 0.29) is 5.82 Å². The summed E-state index contributed by atoms with van der Waals surface area (Å²) in [7, 11) is -1.12. The SMILES string of the molecule is CCO[Si](CCCc1cccc(F)c1)OCC. The Morgan fingerprint density at radius 1 is 1.18 bits per heavy atom. The van der Waals surface area contributed by atoms with Crippen molar-refractivity contribution in [2.24, 2.45) is 0 Å². The van der Waals surface area contributed by atoms with Gasteiger partial charge in [-0.05, 0) is 50.4 Å². The smallest absolute Gasteiger partial charge is 0.384 e. The second kappa shape index (κ2) is 8.39. The van der Waals surface area contributed by atoms with Crippen LogP contribution in [0.15, 0.2) is 24.3 Å². The van der Waals surface area contributed by atoms with E-state index in [0.29, 0.717) is 13.2 Å². The van der Waals surface area contributed by atoms with Crippen molar-refractivity contribution in [3.05, 3.63) is 35.6 Å². The highest BCUT2D eigenvalue weighted by Crippen LogP contribution is 2.10. The van der Waals surface area contributed by atoms with Crippen LogP contribution < -0.4 is 0 Å². The summed E-state index contributed by atoms with van der Waals surface area (Å²) in [6.07, 6.45) is 1.86. The molecule has 0 atom stereocenters. The summed E-state index contributed by atoms with van der Waals surface area (Å²) < 4.78 is 24.1. The van der Waals surface area contributed by atoms with Crippen LogP contribution >= 0.6 is 0 Å². The van der Waals surface area contributed by atoms with Crippen LogP contribution in [0, 0.1) is 5.82 Å². The lowest BCUT2D eigenvalue weighted by Gasteiger charge is -2.12. The van der Waals surface area contributed by atoms with Gasteiger partial charge in [-0.2, -0.15) is 0 Å². The van der Waals surface area contributed by atoms with Gasteiger partial charge in [-0.3, -0.25) is 0 Å². The molecule has 0 fully saturated rings. The number of halogens is 1. The molecule has 2 nitrogen and oxygen atoms in total. The van der Waals surface area contributed by atoms with Crippen LogP contribution in [0.5, 0.6) is 0 Å². The summed E-state index contributed by atoms with van der Waals surface area (Å²) in [4.78, 5) is 0. The van der Waals surface area contributed by atoms with Crippen LogP contribution in [0.2, 0.25) is 6.04 Å². The summed E-state index contributed by atoms with van der Waals surface area (Å²) in [5.74, 6) is -0.164. The molecular weight excluding hydrogens is 235 g/mol. The first kappa shape index (κ1) is 14.3. The summed E-state index contributed by atoms with van der Waals surface area (Å²) in [5, 5.41) is 0. The van der Waals surface area contributed by atoms with Gasteiger partial charge in [-0.25, -0.2) is 4.39 Å². The highest BCUT2D eigenvalue weighted by Gasteiger charge is 2.13. The van der Waals surface area contributed by atoms with Gasteiger partial charge in [0.1, 0.15) is 5.82 Å². The Kier molecular flexibility index (Phi) is 7.08. The Hall–Kier alpha value is -0.713. The van der Waals surface area contributed by atoms with E-state index in [9.17, 15) is 4.39 Å². The molecule has 0 heterocycles. The molecule has 0 N–H and O–H groups in total. The second-order valence-corrected chi connectivity index (χ2v) is 5.54. The molecule has 0 saturated heterocycles. The van der Waals surface area contributed by atoms with Crippen LogP contribution in [0.1, 0.15) is 25.8 Å². The first-order valence-corrected chi connectivity index (χ1v) is 7.64. The zero-order valence-corrected chi connectivity index (χ0v) is 11.5. The maximum atomic E-state index is 13.0. The van der Waals surface area contributed by atoms with E-state index in [0.717, 1.165) is 24.4 Å². The first-order chi connectivity index (χ1) is 8.26. The quantitative estimate of drug-likeness (QED) is 0.663. The number of hydrogen-bond acceptors (Lipinski definition) is 2. The van der Waals surface area contributed by atoms with E-state index in [4.69, 9.17) is 8.85 Å². The molecule has 95 valence electrons. The molecule has 0 aliphatic carbocycles. The van der Waals surface area contributed by atoms with Crippen LogP contribution in [0.4, 0.5) is 4.39 Å². The zero-order chi connectivity index (χ0) is 12.5. The van der Waals surface area contributed by atoms with E-state index in [1.807, 2.05) is 19.9 Å². The average Bonchev–Trinajstić information content (AvgIpc) is 2.30. The van der Waals surface area contributed by atoms with Crippen LogP contribution in [-0.4, -0.2) is 22.5 Å². The summed E-state index contributed by atoms with van der Waals surface area (Å²) in [6, 6.07) is 7.72. The molecule has 0 spiro atoms. The van der Waals surface area contributed by atoms with Crippen molar-refractivity contribution in [1.82, 2.24) is 0 Å². The van der Waals surface area contributed by atoms with Gasteiger partial charge in [0.25, 0.3) is 0 Å². The van der Waals surface area contributed by atoms with Gasteiger partial charge in [0, 0.05) is 13.2 Å². The maximum Gasteiger partial charge on any atom is 0.384 e. The normalized spacial score (nSPS) is 11.1. The van der Waals surface area contributed by atoms with E-state index in [1.165, 1.54) is 6.07 Å². The number of hydrogen-bond donors (Lipinski definition) is 0. The number of aryl methyl sites for hydroxylation is 1. The van der Waals surface area contributed by atoms with E-state index < -0.39 is 9.28 Å². The molecule has 0 aromatic heterocycles. The van der Waals surface area contributed by atoms with Gasteiger partial charge < -0.3 is 8.85 Å². The highest BCUT2D eigenvalue weighted by molar-refractivity contribution is 6.44. The number of rotatable bonds is 8. The van der Waals surface area contributed by atoms with Gasteiger partial charge in [0.15, 0.2) is 0 Å². The topological polar surface area (TPSA) is 18.5 Å². The van der Waals surface area contributed by atoms with E-state index in [2.05, 4.69) is 0 Å². The van der Waals surface area contributed by atoms with Crippen molar-refractivity contribution >= 4 is 9.28 Å². The average molecular weight is 255 g/mol. The van der Waals surface area contributed by atoms with Crippen LogP contribution in [0.25, 0.3) is 0 Å². The lowest BCUT2D eigenvalue weighted by atomic mass is 10.1. The fourth-order valence-corrected chi connectivity index (χ4v) is 3.12. The van der Waals surface area contributed by atoms with Crippen molar-refractivity contribution in [2.45, 2.75) is 32.7 Å². The fourth-order valence-electron chi connectivity index (χ4n) is 1.64. The van der Waals surface area contributed by atoms with Crippen molar-refractivity contribution in [3.63, 3.8) is 0 Å². The fraction of sp³-hybridized carbons (Fsp3) is 0.538. The molecule has 0 aliphatic heterocycles. The molecule has 0 amide bonds. The second-order valence-electron chi connectivity index (χ2n) is 3.72. The minimum atomic E-state index is -1.12. The highest BCUT2D eigenvalue weighted by atomic mass is 28.3. The molecule has 4 heteroatoms. The lowest BCUT2D eigenvalue weighted by molar-refractivity contribution is 0.213. The zero-order valence-electron chi connectivity index (χ0n) is 10.5. The molecular formula is C13H20FO2Si. The van der Waals surface area contributed by atoms with Gasteiger partial charge in [0.2, 0.25) is 0 Å². The Balaban J connectivity index is 2.30. The predicted octanol–water partition coefficient (Wildman–Crippen LogP) is 3.32. The third-order valence-corrected chi connectivity index (χ3v) is 4.33. The van der Waals surface area contributed by atoms with Gasteiger partial charge in [-0.1, -0.05) is 12.1 Å². The summed E-state index contributed by atoms with van der Waals surface area (Å²) in [5.41, 5.74) is 1.04. The first-order valence-electron chi connectivity index (χ1n) is 6.12. The van der Waals surface area contributed by atoms with Crippen molar-refractivity contribution in [2.75, 3.05) is 13.2 Å². The minimum Gasteiger partial charge on any atom is -0.394 e. The molecule has 0 saturated carbocycles. The molecule has 1 aromatic carbocycles. The minimum absolute atomic E-state index is 0.164. The molecule has 1 radical (unpaired) electrons. The monoisotopic (exact) mass is 255 g/mol. The third-order valence-electron chi connectivity index (χ3n) is 2.35. The van der Waals surface area contributed by atoms with E-state index >= 15 is 0 Å². The number of benzene rings is 1. The van der Waals surface area contributed by atoms with Crippen LogP contribution in [-0.2, 0) is 15.3 Å². The Morgan fingerprint density at radius 2 is 1.88 bits per heavy atom.